The summed E-state index contributed by atoms with van der Waals surface area (Å²) in [6, 6.07) is 12.3. The molecule has 0 amide bonds. The number of rotatable bonds is 2. The lowest BCUT2D eigenvalue weighted by atomic mass is 10.1. The first-order valence-electron chi connectivity index (χ1n) is 7.93. The summed E-state index contributed by atoms with van der Waals surface area (Å²) in [7, 11) is 1.45. The minimum Gasteiger partial charge on any atom is -0.354 e. The van der Waals surface area contributed by atoms with E-state index in [4.69, 9.17) is 11.6 Å². The standard InChI is InChI=1S/C19H12ClF4N3/c1-27-16(9-17(26-27)19(22,23)24)10-5-6-14-11(7-10)8-15(25-14)18-12(20)3-2-4-13(18)21/h2-9,25H,1H3. The van der Waals surface area contributed by atoms with E-state index >= 15 is 0 Å². The van der Waals surface area contributed by atoms with Crippen molar-refractivity contribution in [2.75, 3.05) is 0 Å². The van der Waals surface area contributed by atoms with E-state index < -0.39 is 17.7 Å². The zero-order chi connectivity index (χ0) is 19.3. The Hall–Kier alpha value is -2.80. The van der Waals surface area contributed by atoms with Gasteiger partial charge in [0.15, 0.2) is 5.69 Å². The normalized spacial score (nSPS) is 12.1. The molecule has 3 nitrogen and oxygen atoms in total. The number of nitrogens with one attached hydrogen (secondary N) is 1. The number of halogens is 5. The van der Waals surface area contributed by atoms with Crippen LogP contribution in [0.1, 0.15) is 5.69 Å². The van der Waals surface area contributed by atoms with Gasteiger partial charge < -0.3 is 4.98 Å². The Morgan fingerprint density at radius 1 is 1.07 bits per heavy atom. The molecule has 0 spiro atoms. The first-order valence-corrected chi connectivity index (χ1v) is 8.30. The van der Waals surface area contributed by atoms with Crippen LogP contribution in [0.15, 0.2) is 48.5 Å². The number of nitrogens with zero attached hydrogens (tertiary/aromatic N) is 2. The van der Waals surface area contributed by atoms with Gasteiger partial charge in [-0.25, -0.2) is 4.39 Å². The van der Waals surface area contributed by atoms with Gasteiger partial charge in [0.1, 0.15) is 5.82 Å². The molecule has 27 heavy (non-hydrogen) atoms. The number of alkyl halides is 3. The maximum atomic E-state index is 14.2. The number of H-pyrrole nitrogens is 1. The molecule has 138 valence electrons. The molecule has 8 heteroatoms. The number of hydrogen-bond donors (Lipinski definition) is 1. The molecule has 0 radical (unpaired) electrons. The molecule has 0 saturated heterocycles. The number of aromatic amines is 1. The van der Waals surface area contributed by atoms with Crippen LogP contribution in [-0.4, -0.2) is 14.8 Å². The van der Waals surface area contributed by atoms with Crippen molar-refractivity contribution in [1.29, 1.82) is 0 Å². The van der Waals surface area contributed by atoms with Crippen LogP contribution in [-0.2, 0) is 13.2 Å². The predicted octanol–water partition coefficient (Wildman–Crippen LogP) is 6.05. The van der Waals surface area contributed by atoms with Crippen molar-refractivity contribution >= 4 is 22.5 Å². The summed E-state index contributed by atoms with van der Waals surface area (Å²) in [6.07, 6.45) is -4.51. The monoisotopic (exact) mass is 393 g/mol. The minimum atomic E-state index is -4.51. The zero-order valence-corrected chi connectivity index (χ0v) is 14.7. The van der Waals surface area contributed by atoms with E-state index in [1.165, 1.54) is 23.9 Å². The van der Waals surface area contributed by atoms with Crippen molar-refractivity contribution < 1.29 is 17.6 Å². The van der Waals surface area contributed by atoms with Crippen molar-refractivity contribution in [2.24, 2.45) is 7.05 Å². The number of aryl methyl sites for hydroxylation is 1. The molecule has 0 bridgehead atoms. The molecule has 0 aliphatic heterocycles. The summed E-state index contributed by atoms with van der Waals surface area (Å²) < 4.78 is 54.0. The number of aromatic nitrogens is 3. The van der Waals surface area contributed by atoms with E-state index in [1.54, 1.807) is 30.3 Å². The lowest BCUT2D eigenvalue weighted by molar-refractivity contribution is -0.141. The van der Waals surface area contributed by atoms with Crippen LogP contribution in [0.5, 0.6) is 0 Å². The fourth-order valence-electron chi connectivity index (χ4n) is 3.06. The zero-order valence-electron chi connectivity index (χ0n) is 13.9. The Labute approximate surface area is 156 Å². The van der Waals surface area contributed by atoms with Gasteiger partial charge in [-0.2, -0.15) is 18.3 Å². The van der Waals surface area contributed by atoms with Gasteiger partial charge in [0.05, 0.1) is 22.0 Å². The highest BCUT2D eigenvalue weighted by Crippen LogP contribution is 2.35. The maximum Gasteiger partial charge on any atom is 0.435 e. The molecule has 2 heterocycles. The molecule has 2 aromatic carbocycles. The Morgan fingerprint density at radius 2 is 1.85 bits per heavy atom. The second kappa shape index (κ2) is 6.13. The van der Waals surface area contributed by atoms with Gasteiger partial charge in [-0.15, -0.1) is 0 Å². The number of fused-ring (bicyclic) bond motifs is 1. The molecule has 1 N–H and O–H groups in total. The summed E-state index contributed by atoms with van der Waals surface area (Å²) in [5.41, 5.74) is 1.40. The average Bonchev–Trinajstić information content (AvgIpc) is 3.17. The second-order valence-electron chi connectivity index (χ2n) is 6.12. The summed E-state index contributed by atoms with van der Waals surface area (Å²) in [5, 5.41) is 4.52. The van der Waals surface area contributed by atoms with E-state index in [1.807, 2.05) is 0 Å². The molecule has 2 aromatic heterocycles. The van der Waals surface area contributed by atoms with Crippen molar-refractivity contribution in [3.8, 4) is 22.5 Å². The summed E-state index contributed by atoms with van der Waals surface area (Å²) >= 11 is 6.11. The van der Waals surface area contributed by atoms with E-state index in [2.05, 4.69) is 10.1 Å². The fourth-order valence-corrected chi connectivity index (χ4v) is 3.32. The highest BCUT2D eigenvalue weighted by Gasteiger charge is 2.34. The Balaban J connectivity index is 1.82. The number of benzene rings is 2. The molecular formula is C19H12ClF4N3. The molecule has 0 aliphatic carbocycles. The van der Waals surface area contributed by atoms with E-state index in [0.29, 0.717) is 22.5 Å². The Kier molecular flexibility index (Phi) is 3.99. The average molecular weight is 394 g/mol. The van der Waals surface area contributed by atoms with Crippen LogP contribution in [0, 0.1) is 5.82 Å². The van der Waals surface area contributed by atoms with Crippen LogP contribution in [0.2, 0.25) is 5.02 Å². The molecule has 0 saturated carbocycles. The highest BCUT2D eigenvalue weighted by atomic mass is 35.5. The van der Waals surface area contributed by atoms with Crippen LogP contribution in [0.4, 0.5) is 17.6 Å². The third-order valence-electron chi connectivity index (χ3n) is 4.32. The minimum absolute atomic E-state index is 0.247. The first-order chi connectivity index (χ1) is 12.7. The van der Waals surface area contributed by atoms with Crippen LogP contribution >= 0.6 is 11.6 Å². The van der Waals surface area contributed by atoms with E-state index in [0.717, 1.165) is 11.5 Å². The fraction of sp³-hybridized carbons (Fsp3) is 0.105. The first kappa shape index (κ1) is 17.6. The van der Waals surface area contributed by atoms with Gasteiger partial charge in [-0.05, 0) is 36.4 Å². The quantitative estimate of drug-likeness (QED) is 0.413. The SMILES string of the molecule is Cn1nc(C(F)(F)F)cc1-c1ccc2[nH]c(-c3c(F)cccc3Cl)cc2c1. The molecule has 4 rings (SSSR count). The van der Waals surface area contributed by atoms with Crippen molar-refractivity contribution in [2.45, 2.75) is 6.18 Å². The van der Waals surface area contributed by atoms with Crippen LogP contribution in [0.3, 0.4) is 0 Å². The third-order valence-corrected chi connectivity index (χ3v) is 4.63. The lowest BCUT2D eigenvalue weighted by Crippen LogP contribution is -2.06. The molecule has 0 unspecified atom stereocenters. The number of hydrogen-bond acceptors (Lipinski definition) is 1. The largest absolute Gasteiger partial charge is 0.435 e. The predicted molar refractivity (Wildman–Crippen MR) is 95.9 cm³/mol. The smallest absolute Gasteiger partial charge is 0.354 e. The second-order valence-corrected chi connectivity index (χ2v) is 6.53. The van der Waals surface area contributed by atoms with Crippen molar-refractivity contribution in [3.63, 3.8) is 0 Å². The van der Waals surface area contributed by atoms with Crippen molar-refractivity contribution in [3.05, 3.63) is 65.1 Å². The van der Waals surface area contributed by atoms with Gasteiger partial charge in [0.25, 0.3) is 0 Å². The van der Waals surface area contributed by atoms with Crippen LogP contribution in [0.25, 0.3) is 33.4 Å². The molecule has 0 fully saturated rings. The van der Waals surface area contributed by atoms with Gasteiger partial charge in [-0.1, -0.05) is 23.7 Å². The van der Waals surface area contributed by atoms with Gasteiger partial charge in [0.2, 0.25) is 0 Å². The Morgan fingerprint density at radius 3 is 2.52 bits per heavy atom. The van der Waals surface area contributed by atoms with E-state index in [-0.39, 0.29) is 10.6 Å². The maximum absolute atomic E-state index is 14.2. The molecule has 0 aliphatic rings. The van der Waals surface area contributed by atoms with Crippen LogP contribution < -0.4 is 0 Å². The highest BCUT2D eigenvalue weighted by molar-refractivity contribution is 6.33. The molecule has 0 atom stereocenters. The van der Waals surface area contributed by atoms with Crippen molar-refractivity contribution in [1.82, 2.24) is 14.8 Å². The summed E-state index contributed by atoms with van der Waals surface area (Å²) in [5.74, 6) is -0.462. The van der Waals surface area contributed by atoms with E-state index in [9.17, 15) is 17.6 Å². The summed E-state index contributed by atoms with van der Waals surface area (Å²) in [6.45, 7) is 0. The molecule has 4 aromatic rings. The third kappa shape index (κ3) is 3.08. The Bertz CT molecular complexity index is 1140. The lowest BCUT2D eigenvalue weighted by Gasteiger charge is -2.02. The van der Waals surface area contributed by atoms with Gasteiger partial charge in [0, 0.05) is 23.5 Å². The molecular weight excluding hydrogens is 382 g/mol. The summed E-state index contributed by atoms with van der Waals surface area (Å²) in [4.78, 5) is 3.09. The topological polar surface area (TPSA) is 33.6 Å². The van der Waals surface area contributed by atoms with Gasteiger partial charge >= 0.3 is 6.18 Å². The van der Waals surface area contributed by atoms with Gasteiger partial charge in [-0.3, -0.25) is 4.68 Å².